The zero-order chi connectivity index (χ0) is 18.0. The van der Waals surface area contributed by atoms with Gasteiger partial charge in [0.1, 0.15) is 11.6 Å². The zero-order valence-electron chi connectivity index (χ0n) is 13.4. The Balaban J connectivity index is 1.99. The number of nitrogens with two attached hydrogens (primary N) is 1. The second-order valence-corrected chi connectivity index (χ2v) is 5.58. The molecule has 0 saturated carbocycles. The molecule has 1 aromatic heterocycles. The Hall–Kier alpha value is -2.96. The lowest BCUT2D eigenvalue weighted by molar-refractivity contribution is -0.153. The first-order valence-corrected chi connectivity index (χ1v) is 7.55. The van der Waals surface area contributed by atoms with Crippen molar-refractivity contribution in [2.45, 2.75) is 13.1 Å². The van der Waals surface area contributed by atoms with E-state index in [9.17, 15) is 13.2 Å². The maximum Gasteiger partial charge on any atom is 0.422 e. The van der Waals surface area contributed by atoms with E-state index >= 15 is 0 Å². The third-order valence-corrected chi connectivity index (χ3v) is 3.60. The summed E-state index contributed by atoms with van der Waals surface area (Å²) in [6.45, 7) is 0.607. The molecular formula is C18H16F3N3O. The standard InChI is InChI=1S/C18H16F3N3O/c1-12-5-2-3-8-15(12)24-16(10-17(22)23-24)13-6-4-7-14(9-13)25-11-18(19,20)21/h2-10H,11H2,1H3,(H2,22,23). The number of alkyl halides is 3. The summed E-state index contributed by atoms with van der Waals surface area (Å²) in [5.41, 5.74) is 9.02. The highest BCUT2D eigenvalue weighted by atomic mass is 19.4. The van der Waals surface area contributed by atoms with E-state index in [1.165, 1.54) is 12.1 Å². The molecule has 3 rings (SSSR count). The number of aromatic nitrogens is 2. The summed E-state index contributed by atoms with van der Waals surface area (Å²) in [4.78, 5) is 0. The largest absolute Gasteiger partial charge is 0.484 e. The van der Waals surface area contributed by atoms with Crippen molar-refractivity contribution in [1.29, 1.82) is 0 Å². The van der Waals surface area contributed by atoms with Gasteiger partial charge in [0.05, 0.1) is 11.4 Å². The molecule has 0 spiro atoms. The Kier molecular flexibility index (Phi) is 4.39. The number of halogens is 3. The Bertz CT molecular complexity index is 887. The predicted molar refractivity (Wildman–Crippen MR) is 89.7 cm³/mol. The van der Waals surface area contributed by atoms with Crippen LogP contribution in [-0.2, 0) is 0 Å². The van der Waals surface area contributed by atoms with Crippen LogP contribution in [0.3, 0.4) is 0 Å². The van der Waals surface area contributed by atoms with Crippen molar-refractivity contribution in [3.05, 3.63) is 60.2 Å². The Labute approximate surface area is 142 Å². The van der Waals surface area contributed by atoms with E-state index < -0.39 is 12.8 Å². The van der Waals surface area contributed by atoms with Gasteiger partial charge in [-0.15, -0.1) is 0 Å². The lowest BCUT2D eigenvalue weighted by Crippen LogP contribution is -2.19. The molecule has 3 aromatic rings. The molecule has 2 aromatic carbocycles. The zero-order valence-corrected chi connectivity index (χ0v) is 13.4. The first-order valence-electron chi connectivity index (χ1n) is 7.55. The SMILES string of the molecule is Cc1ccccc1-n1nc(N)cc1-c1cccc(OCC(F)(F)F)c1. The summed E-state index contributed by atoms with van der Waals surface area (Å²) >= 11 is 0. The summed E-state index contributed by atoms with van der Waals surface area (Å²) < 4.78 is 43.5. The van der Waals surface area contributed by atoms with E-state index in [0.717, 1.165) is 11.3 Å². The average molecular weight is 347 g/mol. The molecule has 0 unspecified atom stereocenters. The minimum Gasteiger partial charge on any atom is -0.484 e. The van der Waals surface area contributed by atoms with Crippen LogP contribution in [0, 0.1) is 6.92 Å². The van der Waals surface area contributed by atoms with Gasteiger partial charge in [-0.25, -0.2) is 4.68 Å². The minimum atomic E-state index is -4.39. The first-order chi connectivity index (χ1) is 11.8. The molecule has 4 nitrogen and oxygen atoms in total. The van der Waals surface area contributed by atoms with Crippen molar-refractivity contribution >= 4 is 5.82 Å². The fourth-order valence-electron chi connectivity index (χ4n) is 2.50. The maximum absolute atomic E-state index is 12.3. The lowest BCUT2D eigenvalue weighted by atomic mass is 10.1. The molecule has 7 heteroatoms. The molecule has 0 bridgehead atoms. The third-order valence-electron chi connectivity index (χ3n) is 3.60. The predicted octanol–water partition coefficient (Wildman–Crippen LogP) is 4.37. The summed E-state index contributed by atoms with van der Waals surface area (Å²) in [5, 5.41) is 4.31. The number of benzene rings is 2. The van der Waals surface area contributed by atoms with Gasteiger partial charge in [0.15, 0.2) is 6.61 Å². The number of rotatable bonds is 4. The normalized spacial score (nSPS) is 11.5. The minimum absolute atomic E-state index is 0.130. The summed E-state index contributed by atoms with van der Waals surface area (Å²) in [6, 6.07) is 15.7. The monoisotopic (exact) mass is 347 g/mol. The van der Waals surface area contributed by atoms with Gasteiger partial charge in [-0.1, -0.05) is 30.3 Å². The quantitative estimate of drug-likeness (QED) is 0.762. The van der Waals surface area contributed by atoms with Crippen molar-refractivity contribution in [3.63, 3.8) is 0 Å². The third kappa shape index (κ3) is 3.93. The number of nitrogens with zero attached hydrogens (tertiary/aromatic N) is 2. The van der Waals surface area contributed by atoms with Gasteiger partial charge >= 0.3 is 6.18 Å². The number of aryl methyl sites for hydroxylation is 1. The van der Waals surface area contributed by atoms with Gasteiger partial charge in [-0.05, 0) is 30.7 Å². The molecular weight excluding hydrogens is 331 g/mol. The molecule has 25 heavy (non-hydrogen) atoms. The first kappa shape index (κ1) is 16.9. The smallest absolute Gasteiger partial charge is 0.422 e. The number of anilines is 1. The van der Waals surface area contributed by atoms with E-state index in [-0.39, 0.29) is 5.75 Å². The molecule has 0 fully saturated rings. The molecule has 1 heterocycles. The van der Waals surface area contributed by atoms with E-state index in [4.69, 9.17) is 10.5 Å². The average Bonchev–Trinajstić information content (AvgIpc) is 2.95. The van der Waals surface area contributed by atoms with Gasteiger partial charge < -0.3 is 10.5 Å². The fourth-order valence-corrected chi connectivity index (χ4v) is 2.50. The lowest BCUT2D eigenvalue weighted by Gasteiger charge is -2.12. The number of para-hydroxylation sites is 1. The van der Waals surface area contributed by atoms with E-state index in [0.29, 0.717) is 17.1 Å². The Morgan fingerprint density at radius 3 is 2.56 bits per heavy atom. The Morgan fingerprint density at radius 1 is 1.08 bits per heavy atom. The molecule has 0 saturated heterocycles. The van der Waals surface area contributed by atoms with Crippen LogP contribution < -0.4 is 10.5 Å². The number of ether oxygens (including phenoxy) is 1. The highest BCUT2D eigenvalue weighted by Crippen LogP contribution is 2.29. The van der Waals surface area contributed by atoms with Gasteiger partial charge in [0.2, 0.25) is 0 Å². The number of hydrogen-bond acceptors (Lipinski definition) is 3. The number of hydrogen-bond donors (Lipinski definition) is 1. The fraction of sp³-hybridized carbons (Fsp3) is 0.167. The van der Waals surface area contributed by atoms with Crippen LogP contribution in [0.15, 0.2) is 54.6 Å². The van der Waals surface area contributed by atoms with Crippen LogP contribution in [0.2, 0.25) is 0 Å². The van der Waals surface area contributed by atoms with E-state index in [1.54, 1.807) is 22.9 Å². The summed E-state index contributed by atoms with van der Waals surface area (Å²) in [7, 11) is 0. The molecule has 0 amide bonds. The topological polar surface area (TPSA) is 53.1 Å². The van der Waals surface area contributed by atoms with E-state index in [1.807, 2.05) is 31.2 Å². The van der Waals surface area contributed by atoms with Crippen molar-refractivity contribution < 1.29 is 17.9 Å². The van der Waals surface area contributed by atoms with Crippen molar-refractivity contribution in [2.75, 3.05) is 12.3 Å². The van der Waals surface area contributed by atoms with Crippen molar-refractivity contribution in [2.24, 2.45) is 0 Å². The second-order valence-electron chi connectivity index (χ2n) is 5.58. The molecule has 0 atom stereocenters. The number of nitrogen functional groups attached to an aromatic ring is 1. The van der Waals surface area contributed by atoms with E-state index in [2.05, 4.69) is 5.10 Å². The highest BCUT2D eigenvalue weighted by molar-refractivity contribution is 5.67. The van der Waals surface area contributed by atoms with Crippen LogP contribution in [0.1, 0.15) is 5.56 Å². The molecule has 2 N–H and O–H groups in total. The summed E-state index contributed by atoms with van der Waals surface area (Å²) in [5.74, 6) is 0.450. The molecule has 0 aliphatic carbocycles. The summed E-state index contributed by atoms with van der Waals surface area (Å²) in [6.07, 6.45) is -4.39. The van der Waals surface area contributed by atoms with Crippen LogP contribution in [0.4, 0.5) is 19.0 Å². The van der Waals surface area contributed by atoms with Gasteiger partial charge in [-0.2, -0.15) is 18.3 Å². The molecule has 0 radical (unpaired) electrons. The highest BCUT2D eigenvalue weighted by Gasteiger charge is 2.28. The van der Waals surface area contributed by atoms with Crippen LogP contribution >= 0.6 is 0 Å². The Morgan fingerprint density at radius 2 is 1.84 bits per heavy atom. The molecule has 130 valence electrons. The van der Waals surface area contributed by atoms with Gasteiger partial charge in [0.25, 0.3) is 0 Å². The second kappa shape index (κ2) is 6.51. The van der Waals surface area contributed by atoms with Crippen molar-refractivity contribution in [1.82, 2.24) is 9.78 Å². The maximum atomic E-state index is 12.3. The molecule has 0 aliphatic rings. The van der Waals surface area contributed by atoms with Gasteiger partial charge in [-0.3, -0.25) is 0 Å². The van der Waals surface area contributed by atoms with Crippen molar-refractivity contribution in [3.8, 4) is 22.7 Å². The molecule has 0 aliphatic heterocycles. The van der Waals surface area contributed by atoms with Gasteiger partial charge in [0, 0.05) is 11.6 Å². The van der Waals surface area contributed by atoms with Crippen LogP contribution in [0.25, 0.3) is 16.9 Å². The van der Waals surface area contributed by atoms with Crippen LogP contribution in [-0.4, -0.2) is 22.6 Å². The van der Waals surface area contributed by atoms with Crippen LogP contribution in [0.5, 0.6) is 5.75 Å².